The third-order valence-corrected chi connectivity index (χ3v) is 7.60. The van der Waals surface area contributed by atoms with Crippen molar-refractivity contribution in [3.63, 3.8) is 0 Å². The Morgan fingerprint density at radius 2 is 1.62 bits per heavy atom. The van der Waals surface area contributed by atoms with Gasteiger partial charge in [0.15, 0.2) is 0 Å². The first-order valence-electron chi connectivity index (χ1n) is 13.6. The van der Waals surface area contributed by atoms with Gasteiger partial charge in [0.1, 0.15) is 0 Å². The van der Waals surface area contributed by atoms with Crippen molar-refractivity contribution < 1.29 is 0 Å². The normalized spacial score (nSPS) is 15.3. The van der Waals surface area contributed by atoms with E-state index in [9.17, 15) is 0 Å². The van der Waals surface area contributed by atoms with Crippen LogP contribution in [-0.4, -0.2) is 65.7 Å². The highest BCUT2D eigenvalue weighted by Crippen LogP contribution is 2.30. The minimum atomic E-state index is 0.715. The van der Waals surface area contributed by atoms with Crippen molar-refractivity contribution in [1.29, 1.82) is 0 Å². The third-order valence-electron chi connectivity index (χ3n) is 7.35. The van der Waals surface area contributed by atoms with Crippen LogP contribution in [0.3, 0.4) is 0 Å². The van der Waals surface area contributed by atoms with Crippen molar-refractivity contribution in [2.75, 3.05) is 51.6 Å². The maximum atomic E-state index is 6.24. The highest BCUT2D eigenvalue weighted by molar-refractivity contribution is 6.30. The SMILES string of the molecule is CN1CCN(CCCN=c2cc3n(-c4ccc(Cl)cc4)c4ccccc4nc-3cc2Nc2ccccc2)CC1. The zero-order valence-electron chi connectivity index (χ0n) is 22.2. The van der Waals surface area contributed by atoms with E-state index in [0.29, 0.717) is 5.02 Å². The summed E-state index contributed by atoms with van der Waals surface area (Å²) in [5.74, 6) is 0. The van der Waals surface area contributed by atoms with Crippen LogP contribution in [0, 0.1) is 0 Å². The van der Waals surface area contributed by atoms with Gasteiger partial charge in [-0.2, -0.15) is 0 Å². The molecule has 6 nitrogen and oxygen atoms in total. The highest BCUT2D eigenvalue weighted by atomic mass is 35.5. The zero-order valence-corrected chi connectivity index (χ0v) is 23.0. The number of nitrogens with zero attached hydrogens (tertiary/aromatic N) is 5. The molecule has 1 fully saturated rings. The number of para-hydroxylation sites is 3. The van der Waals surface area contributed by atoms with Gasteiger partial charge in [0, 0.05) is 49.1 Å². The number of halogens is 1. The molecule has 0 unspecified atom stereocenters. The van der Waals surface area contributed by atoms with Crippen LogP contribution >= 0.6 is 11.6 Å². The van der Waals surface area contributed by atoms with E-state index in [0.717, 1.165) is 90.5 Å². The van der Waals surface area contributed by atoms with Crippen LogP contribution in [0.5, 0.6) is 0 Å². The number of aromatic nitrogens is 2. The van der Waals surface area contributed by atoms with Gasteiger partial charge < -0.3 is 19.7 Å². The number of benzene rings is 4. The predicted octanol–water partition coefficient (Wildman–Crippen LogP) is 6.07. The average Bonchev–Trinajstić information content (AvgIpc) is 2.96. The van der Waals surface area contributed by atoms with Gasteiger partial charge in [-0.3, -0.25) is 4.99 Å². The smallest absolute Gasteiger partial charge is 0.0900 e. The lowest BCUT2D eigenvalue weighted by atomic mass is 10.1. The summed E-state index contributed by atoms with van der Waals surface area (Å²) < 4.78 is 2.25. The molecule has 0 atom stereocenters. The second-order valence-corrected chi connectivity index (χ2v) is 10.6. The largest absolute Gasteiger partial charge is 0.354 e. The standard InChI is InChI=1S/C32H33ClN6/c1-37-18-20-38(21-19-37)17-7-16-34-28-23-32-30(22-29(28)35-25-8-3-2-4-9-25)36-27-10-5-6-11-31(27)39(32)26-14-12-24(33)13-15-26/h2-6,8-15,22-23,35H,7,16-21H2,1H3. The van der Waals surface area contributed by atoms with Crippen molar-refractivity contribution in [2.24, 2.45) is 4.99 Å². The van der Waals surface area contributed by atoms with Crippen molar-refractivity contribution in [3.8, 4) is 17.1 Å². The average molecular weight is 537 g/mol. The Balaban J connectivity index is 1.43. The van der Waals surface area contributed by atoms with Crippen LogP contribution in [0.25, 0.3) is 28.1 Å². The molecule has 2 aliphatic heterocycles. The van der Waals surface area contributed by atoms with Gasteiger partial charge in [-0.1, -0.05) is 41.9 Å². The Morgan fingerprint density at radius 1 is 0.872 bits per heavy atom. The molecule has 1 aliphatic carbocycles. The summed E-state index contributed by atoms with van der Waals surface area (Å²) in [6.45, 7) is 6.38. The molecule has 7 heteroatoms. The number of likely N-dealkylation sites (N-methyl/N-ethyl adjacent to an activating group) is 1. The molecule has 0 amide bonds. The van der Waals surface area contributed by atoms with Gasteiger partial charge in [0.2, 0.25) is 0 Å². The molecule has 3 aromatic carbocycles. The summed E-state index contributed by atoms with van der Waals surface area (Å²) in [6.07, 6.45) is 1.03. The summed E-state index contributed by atoms with van der Waals surface area (Å²) >= 11 is 6.24. The van der Waals surface area contributed by atoms with Crippen LogP contribution in [0.1, 0.15) is 6.42 Å². The summed E-state index contributed by atoms with van der Waals surface area (Å²) in [6, 6.07) is 30.8. The van der Waals surface area contributed by atoms with E-state index in [4.69, 9.17) is 21.6 Å². The number of nitrogens with one attached hydrogen (secondary N) is 1. The maximum absolute atomic E-state index is 6.24. The Morgan fingerprint density at radius 3 is 2.41 bits per heavy atom. The summed E-state index contributed by atoms with van der Waals surface area (Å²) in [4.78, 5) is 15.1. The number of fused-ring (bicyclic) bond motifs is 2. The first kappa shape index (κ1) is 25.6. The van der Waals surface area contributed by atoms with E-state index in [1.165, 1.54) is 0 Å². The van der Waals surface area contributed by atoms with Crippen molar-refractivity contribution in [1.82, 2.24) is 19.4 Å². The van der Waals surface area contributed by atoms with Crippen LogP contribution in [-0.2, 0) is 0 Å². The molecule has 0 bridgehead atoms. The van der Waals surface area contributed by atoms with E-state index in [-0.39, 0.29) is 0 Å². The zero-order chi connectivity index (χ0) is 26.6. The maximum Gasteiger partial charge on any atom is 0.0900 e. The minimum absolute atomic E-state index is 0.715. The second kappa shape index (κ2) is 11.6. The van der Waals surface area contributed by atoms with Crippen molar-refractivity contribution >= 4 is 34.0 Å². The number of hydrogen-bond donors (Lipinski definition) is 1. The summed E-state index contributed by atoms with van der Waals surface area (Å²) in [5, 5.41) is 5.25. The Kier molecular flexibility index (Phi) is 7.59. The van der Waals surface area contributed by atoms with Gasteiger partial charge in [-0.05, 0) is 80.7 Å². The fraction of sp³-hybridized carbons (Fsp3) is 0.250. The van der Waals surface area contributed by atoms with E-state index < -0.39 is 0 Å². The Hall–Kier alpha value is -3.71. The number of rotatable bonds is 7. The molecule has 3 aliphatic rings. The van der Waals surface area contributed by atoms with E-state index in [1.807, 2.05) is 36.4 Å². The second-order valence-electron chi connectivity index (χ2n) is 10.1. The van der Waals surface area contributed by atoms with Crippen molar-refractivity contribution in [2.45, 2.75) is 6.42 Å². The molecule has 39 heavy (non-hydrogen) atoms. The van der Waals surface area contributed by atoms with E-state index in [1.54, 1.807) is 0 Å². The first-order chi connectivity index (χ1) is 19.1. The van der Waals surface area contributed by atoms with Crippen LogP contribution in [0.4, 0.5) is 11.4 Å². The van der Waals surface area contributed by atoms with Crippen LogP contribution < -0.4 is 10.7 Å². The van der Waals surface area contributed by atoms with E-state index in [2.05, 4.69) is 81.3 Å². The predicted molar refractivity (Wildman–Crippen MR) is 161 cm³/mol. The summed E-state index contributed by atoms with van der Waals surface area (Å²) in [7, 11) is 2.20. The molecule has 2 heterocycles. The Bertz CT molecular complexity index is 1590. The number of anilines is 2. The van der Waals surface area contributed by atoms with Crippen LogP contribution in [0.15, 0.2) is 96.0 Å². The molecular formula is C32H33ClN6. The lowest BCUT2D eigenvalue weighted by Gasteiger charge is -2.32. The molecule has 0 saturated carbocycles. The van der Waals surface area contributed by atoms with Gasteiger partial charge in [-0.15, -0.1) is 0 Å². The third kappa shape index (κ3) is 5.83. The van der Waals surface area contributed by atoms with Gasteiger partial charge in [0.25, 0.3) is 0 Å². The summed E-state index contributed by atoms with van der Waals surface area (Å²) in [5.41, 5.74) is 6.90. The quantitative estimate of drug-likeness (QED) is 0.203. The molecule has 3 aromatic rings. The van der Waals surface area contributed by atoms with Crippen LogP contribution in [0.2, 0.25) is 5.02 Å². The molecule has 0 aromatic heterocycles. The van der Waals surface area contributed by atoms with Crippen molar-refractivity contribution in [3.05, 3.63) is 101 Å². The molecular weight excluding hydrogens is 504 g/mol. The lowest BCUT2D eigenvalue weighted by Crippen LogP contribution is -2.44. The molecule has 1 saturated heterocycles. The fourth-order valence-electron chi connectivity index (χ4n) is 5.18. The molecule has 0 radical (unpaired) electrons. The van der Waals surface area contributed by atoms with Gasteiger partial charge in [-0.25, -0.2) is 4.98 Å². The monoisotopic (exact) mass is 536 g/mol. The molecule has 0 spiro atoms. The van der Waals surface area contributed by atoms with Gasteiger partial charge >= 0.3 is 0 Å². The lowest BCUT2D eigenvalue weighted by molar-refractivity contribution is 0.153. The minimum Gasteiger partial charge on any atom is -0.354 e. The van der Waals surface area contributed by atoms with E-state index >= 15 is 0 Å². The van der Waals surface area contributed by atoms with Gasteiger partial charge in [0.05, 0.1) is 33.5 Å². The molecule has 198 valence electrons. The first-order valence-corrected chi connectivity index (χ1v) is 14.0. The molecule has 6 rings (SSSR count). The number of piperazine rings is 1. The Labute approximate surface area is 234 Å². The number of hydrogen-bond acceptors (Lipinski definition) is 5. The highest BCUT2D eigenvalue weighted by Gasteiger charge is 2.17. The topological polar surface area (TPSA) is 48.7 Å². The fourth-order valence-corrected chi connectivity index (χ4v) is 5.31. The molecule has 1 N–H and O–H groups in total.